The van der Waals surface area contributed by atoms with E-state index in [1.807, 2.05) is 6.92 Å². The fourth-order valence-electron chi connectivity index (χ4n) is 5.26. The number of aromatic nitrogens is 6. The molecule has 1 fully saturated rings. The summed E-state index contributed by atoms with van der Waals surface area (Å²) in [5.74, 6) is -0.0800. The molecule has 0 spiro atoms. The van der Waals surface area contributed by atoms with Crippen molar-refractivity contribution in [2.24, 2.45) is 0 Å². The lowest BCUT2D eigenvalue weighted by Crippen LogP contribution is -2.47. The van der Waals surface area contributed by atoms with Gasteiger partial charge in [0.25, 0.3) is 0 Å². The molecule has 0 N–H and O–H groups in total. The van der Waals surface area contributed by atoms with Gasteiger partial charge in [-0.05, 0) is 70.4 Å². The molecule has 0 bridgehead atoms. The summed E-state index contributed by atoms with van der Waals surface area (Å²) >= 11 is 6.59. The van der Waals surface area contributed by atoms with Gasteiger partial charge in [0.2, 0.25) is 0 Å². The summed E-state index contributed by atoms with van der Waals surface area (Å²) in [6, 6.07) is 4.07. The van der Waals surface area contributed by atoms with Crippen LogP contribution in [0.3, 0.4) is 0 Å². The van der Waals surface area contributed by atoms with Gasteiger partial charge < -0.3 is 18.8 Å². The summed E-state index contributed by atoms with van der Waals surface area (Å²) in [4.78, 5) is 18.3. The fourth-order valence-corrected chi connectivity index (χ4v) is 6.49. The molecular weight excluding hydrogens is 660 g/mol. The summed E-state index contributed by atoms with van der Waals surface area (Å²) in [6.07, 6.45) is 2.13. The Balaban J connectivity index is 1.45. The third-order valence-corrected chi connectivity index (χ3v) is 13.7. The number of amides is 1. The van der Waals surface area contributed by atoms with Crippen molar-refractivity contribution >= 4 is 31.5 Å². The van der Waals surface area contributed by atoms with Gasteiger partial charge >= 0.3 is 6.09 Å². The fraction of sp³-hybridized carbons (Fsp3) is 0.545. The summed E-state index contributed by atoms with van der Waals surface area (Å²) in [7, 11) is -2.20. The Morgan fingerprint density at radius 3 is 2.52 bits per heavy atom. The molecule has 15 heteroatoms. The monoisotopic (exact) mass is 703 g/mol. The number of halogens is 3. The third-order valence-electron chi connectivity index (χ3n) is 8.96. The van der Waals surface area contributed by atoms with Crippen LogP contribution in [0.15, 0.2) is 36.8 Å². The zero-order valence-electron chi connectivity index (χ0n) is 28.9. The molecule has 5 heterocycles. The molecule has 11 nitrogen and oxygen atoms in total. The maximum atomic E-state index is 15.6. The van der Waals surface area contributed by atoms with Crippen molar-refractivity contribution in [2.45, 2.75) is 96.9 Å². The van der Waals surface area contributed by atoms with Crippen molar-refractivity contribution in [3.05, 3.63) is 59.0 Å². The molecule has 4 aromatic heterocycles. The first-order valence-corrected chi connectivity index (χ1v) is 19.3. The third kappa shape index (κ3) is 7.65. The van der Waals surface area contributed by atoms with E-state index in [1.165, 1.54) is 17.2 Å². The second-order valence-electron chi connectivity index (χ2n) is 14.7. The number of carbonyl (C=O) groups excluding carboxylic acids is 1. The number of hydrogen-bond acceptors (Lipinski definition) is 8. The Morgan fingerprint density at radius 2 is 1.90 bits per heavy atom. The maximum Gasteiger partial charge on any atom is 0.410 e. The highest BCUT2D eigenvalue weighted by Gasteiger charge is 2.39. The van der Waals surface area contributed by atoms with Crippen LogP contribution in [0.2, 0.25) is 23.2 Å². The topological polar surface area (TPSA) is 109 Å². The quantitative estimate of drug-likeness (QED) is 0.172. The van der Waals surface area contributed by atoms with Crippen LogP contribution in [-0.2, 0) is 9.16 Å². The Kier molecular flexibility index (Phi) is 9.93. The van der Waals surface area contributed by atoms with Gasteiger partial charge in [0, 0.05) is 18.3 Å². The first-order valence-electron chi connectivity index (χ1n) is 16.0. The van der Waals surface area contributed by atoms with Crippen LogP contribution in [0.1, 0.15) is 71.5 Å². The molecule has 0 radical (unpaired) electrons. The molecule has 0 aliphatic carbocycles. The van der Waals surface area contributed by atoms with Crippen LogP contribution >= 0.6 is 11.6 Å². The van der Waals surface area contributed by atoms with Crippen LogP contribution in [-0.4, -0.2) is 80.4 Å². The van der Waals surface area contributed by atoms with Crippen molar-refractivity contribution in [3.8, 4) is 17.0 Å². The molecule has 3 atom stereocenters. The molecule has 0 aromatic carbocycles. The van der Waals surface area contributed by atoms with Gasteiger partial charge in [-0.25, -0.2) is 22.8 Å². The molecule has 0 saturated carbocycles. The average molecular weight is 704 g/mol. The minimum absolute atomic E-state index is 0.0515. The molecule has 1 saturated heterocycles. The van der Waals surface area contributed by atoms with Crippen molar-refractivity contribution in [2.75, 3.05) is 19.7 Å². The van der Waals surface area contributed by atoms with Crippen LogP contribution in [0.5, 0.6) is 5.75 Å². The molecule has 1 unspecified atom stereocenters. The van der Waals surface area contributed by atoms with E-state index in [9.17, 15) is 9.18 Å². The van der Waals surface area contributed by atoms with Gasteiger partial charge in [0.1, 0.15) is 34.6 Å². The van der Waals surface area contributed by atoms with Crippen LogP contribution in [0.4, 0.5) is 13.6 Å². The van der Waals surface area contributed by atoms with Gasteiger partial charge in [-0.1, -0.05) is 37.6 Å². The number of piperidine rings is 1. The number of fused-ring (bicyclic) bond motifs is 1. The molecular formula is C33H44ClF2N7O4Si. The molecule has 1 amide bonds. The number of nitrogens with zero attached hydrogens (tertiary/aromatic N) is 7. The summed E-state index contributed by atoms with van der Waals surface area (Å²) in [6.45, 7) is 18.3. The molecule has 1 aliphatic heterocycles. The second-order valence-corrected chi connectivity index (χ2v) is 19.9. The number of ether oxygens (including phenoxy) is 2. The number of carbonyl (C=O) groups is 1. The second kappa shape index (κ2) is 13.4. The minimum Gasteiger partial charge on any atom is -0.479 e. The van der Waals surface area contributed by atoms with E-state index in [0.717, 1.165) is 6.20 Å². The van der Waals surface area contributed by atoms with E-state index in [0.29, 0.717) is 51.9 Å². The van der Waals surface area contributed by atoms with E-state index in [4.69, 9.17) is 25.5 Å². The lowest BCUT2D eigenvalue weighted by atomic mass is 10.0. The Hall–Kier alpha value is -3.62. The lowest BCUT2D eigenvalue weighted by Gasteiger charge is -2.37. The highest BCUT2D eigenvalue weighted by molar-refractivity contribution is 6.74. The van der Waals surface area contributed by atoms with Crippen molar-refractivity contribution in [1.82, 2.24) is 34.5 Å². The van der Waals surface area contributed by atoms with Crippen molar-refractivity contribution in [3.63, 3.8) is 0 Å². The molecule has 1 aliphatic rings. The van der Waals surface area contributed by atoms with Gasteiger partial charge in [-0.15, -0.1) is 5.10 Å². The molecule has 4 aromatic rings. The number of alkyl halides is 1. The van der Waals surface area contributed by atoms with Gasteiger partial charge in [-0.2, -0.15) is 5.10 Å². The Morgan fingerprint density at radius 1 is 1.17 bits per heavy atom. The van der Waals surface area contributed by atoms with Crippen molar-refractivity contribution in [1.29, 1.82) is 0 Å². The first kappa shape index (κ1) is 35.7. The molecule has 5 rings (SSSR count). The number of likely N-dealkylation sites (tertiary alicyclic amines) is 1. The van der Waals surface area contributed by atoms with Crippen LogP contribution < -0.4 is 4.74 Å². The van der Waals surface area contributed by atoms with E-state index in [-0.39, 0.29) is 18.2 Å². The van der Waals surface area contributed by atoms with E-state index >= 15 is 4.39 Å². The summed E-state index contributed by atoms with van der Waals surface area (Å²) in [5.41, 5.74) is 2.08. The summed E-state index contributed by atoms with van der Waals surface area (Å²) < 4.78 is 51.2. The highest BCUT2D eigenvalue weighted by Crippen LogP contribution is 2.39. The predicted octanol–water partition coefficient (Wildman–Crippen LogP) is 7.75. The zero-order chi connectivity index (χ0) is 35.2. The molecule has 48 heavy (non-hydrogen) atoms. The van der Waals surface area contributed by atoms with Crippen LogP contribution in [0, 0.1) is 12.7 Å². The SMILES string of the molecule is Cc1c(-c2cc(OC(CO[Si](C)(C)C(C)(C)C)c3ccc(F)cn3)c3c(Cl)cnn3c2)nnn1[C@H]1CCN(C(=O)OC(C)(C)C)C[C@@H]1F. The van der Waals surface area contributed by atoms with Gasteiger partial charge in [0.05, 0.1) is 48.0 Å². The Labute approximate surface area is 285 Å². The molecule has 260 valence electrons. The normalized spacial score (nSPS) is 18.3. The van der Waals surface area contributed by atoms with Crippen molar-refractivity contribution < 1.29 is 27.5 Å². The van der Waals surface area contributed by atoms with Gasteiger partial charge in [0.15, 0.2) is 14.4 Å². The number of rotatable bonds is 8. The number of pyridine rings is 2. The first-order chi connectivity index (χ1) is 22.3. The van der Waals surface area contributed by atoms with E-state index in [2.05, 4.69) is 54.3 Å². The largest absolute Gasteiger partial charge is 0.479 e. The standard InChI is InChI=1S/C33H44ClF2N7O4Si/c1-20-29(39-40-43(20)26-12-13-41(18-24(26)36)31(44)47-32(2,3)4)21-14-27(30-23(34)16-38-42(30)17-21)46-28(25-11-10-22(35)15-37-25)19-45-48(8,9)33(5,6)7/h10-11,14-17,24,26,28H,12-13,18-19H2,1-9H3/t24-,26-,28?/m0/s1. The average Bonchev–Trinajstić information content (AvgIpc) is 3.56. The highest BCUT2D eigenvalue weighted by atomic mass is 35.5. The lowest BCUT2D eigenvalue weighted by molar-refractivity contribution is 0.00546. The van der Waals surface area contributed by atoms with E-state index < -0.39 is 44.1 Å². The smallest absolute Gasteiger partial charge is 0.410 e. The number of hydrogen-bond donors (Lipinski definition) is 0. The minimum atomic E-state index is -2.20. The summed E-state index contributed by atoms with van der Waals surface area (Å²) in [5, 5.41) is 13.5. The predicted molar refractivity (Wildman–Crippen MR) is 181 cm³/mol. The zero-order valence-corrected chi connectivity index (χ0v) is 30.7. The van der Waals surface area contributed by atoms with E-state index in [1.54, 1.807) is 48.3 Å². The van der Waals surface area contributed by atoms with Gasteiger partial charge in [-0.3, -0.25) is 4.98 Å². The Bertz CT molecular complexity index is 1770. The van der Waals surface area contributed by atoms with Crippen LogP contribution in [0.25, 0.3) is 16.8 Å². The maximum absolute atomic E-state index is 15.6.